The van der Waals surface area contributed by atoms with Gasteiger partial charge in [0.05, 0.1) is 19.1 Å². The first kappa shape index (κ1) is 17.7. The molecule has 2 atom stereocenters. The number of fused-ring (bicyclic) bond motifs is 3. The Morgan fingerprint density at radius 3 is 2.48 bits per heavy atom. The van der Waals surface area contributed by atoms with Gasteiger partial charge in [0.1, 0.15) is 40.8 Å². The lowest BCUT2D eigenvalue weighted by Gasteiger charge is -2.28. The van der Waals surface area contributed by atoms with Crippen LogP contribution >= 0.6 is 0 Å². The summed E-state index contributed by atoms with van der Waals surface area (Å²) in [6.07, 6.45) is -0.261. The number of phenols is 1. The summed E-state index contributed by atoms with van der Waals surface area (Å²) in [6.45, 7) is 3.39. The smallest absolute Gasteiger partial charge is 0.174 e. The van der Waals surface area contributed by atoms with Crippen molar-refractivity contribution in [1.29, 1.82) is 0 Å². The fraction of sp³-hybridized carbons (Fsp3) is 0.381. The molecule has 4 rings (SSSR count). The Morgan fingerprint density at radius 1 is 1.15 bits per heavy atom. The molecule has 2 N–H and O–H groups in total. The molecule has 0 aromatic heterocycles. The zero-order valence-corrected chi connectivity index (χ0v) is 15.5. The van der Waals surface area contributed by atoms with Gasteiger partial charge in [-0.25, -0.2) is 0 Å². The van der Waals surface area contributed by atoms with Gasteiger partial charge in [-0.3, -0.25) is 4.79 Å². The Morgan fingerprint density at radius 2 is 1.85 bits per heavy atom. The number of aliphatic hydroxyl groups is 1. The summed E-state index contributed by atoms with van der Waals surface area (Å²) < 4.78 is 17.6. The maximum atomic E-state index is 12.9. The second-order valence-corrected chi connectivity index (χ2v) is 7.55. The fourth-order valence-electron chi connectivity index (χ4n) is 3.61. The van der Waals surface area contributed by atoms with Crippen LogP contribution in [0.5, 0.6) is 23.0 Å². The molecule has 0 saturated carbocycles. The van der Waals surface area contributed by atoms with Gasteiger partial charge in [0.25, 0.3) is 0 Å². The number of rotatable bonds is 3. The van der Waals surface area contributed by atoms with Crippen LogP contribution in [-0.4, -0.2) is 34.8 Å². The van der Waals surface area contributed by atoms with Gasteiger partial charge in [0, 0.05) is 18.1 Å². The summed E-state index contributed by atoms with van der Waals surface area (Å²) in [5.74, 6) is 1.53. The molecule has 0 amide bonds. The lowest BCUT2D eigenvalue weighted by atomic mass is 9.91. The highest BCUT2D eigenvalue weighted by atomic mass is 16.5. The lowest BCUT2D eigenvalue weighted by molar-refractivity contribution is -0.0230. The van der Waals surface area contributed by atoms with E-state index in [1.54, 1.807) is 44.2 Å². The molecule has 2 aromatic rings. The van der Waals surface area contributed by atoms with Gasteiger partial charge in [-0.1, -0.05) is 12.1 Å². The molecule has 0 spiro atoms. The van der Waals surface area contributed by atoms with E-state index in [2.05, 4.69) is 0 Å². The average molecular weight is 370 g/mol. The van der Waals surface area contributed by atoms with E-state index in [4.69, 9.17) is 14.2 Å². The fourth-order valence-corrected chi connectivity index (χ4v) is 3.61. The number of Topliss-reactive ketones (excluding diaryl/α,β-unsaturated/α-hetero) is 1. The Bertz CT molecular complexity index is 894. The van der Waals surface area contributed by atoms with Crippen molar-refractivity contribution >= 4 is 5.78 Å². The van der Waals surface area contributed by atoms with E-state index in [0.29, 0.717) is 29.2 Å². The van der Waals surface area contributed by atoms with Crippen molar-refractivity contribution in [2.24, 2.45) is 0 Å². The molecule has 2 heterocycles. The number of benzene rings is 2. The third-order valence-corrected chi connectivity index (χ3v) is 5.15. The zero-order valence-electron chi connectivity index (χ0n) is 15.5. The lowest BCUT2D eigenvalue weighted by Crippen LogP contribution is -2.39. The van der Waals surface area contributed by atoms with Gasteiger partial charge < -0.3 is 24.4 Å². The number of phenolic OH excluding ortho intramolecular Hbond substituents is 1. The van der Waals surface area contributed by atoms with E-state index in [-0.39, 0.29) is 18.0 Å². The molecule has 2 aliphatic rings. The highest BCUT2D eigenvalue weighted by Crippen LogP contribution is 2.49. The summed E-state index contributed by atoms with van der Waals surface area (Å²) in [7, 11) is 1.50. The molecular weight excluding hydrogens is 348 g/mol. The topological polar surface area (TPSA) is 85.2 Å². The van der Waals surface area contributed by atoms with E-state index in [0.717, 1.165) is 11.1 Å². The molecule has 6 nitrogen and oxygen atoms in total. The monoisotopic (exact) mass is 370 g/mol. The number of carbonyl (C=O) groups is 1. The molecule has 0 aliphatic carbocycles. The van der Waals surface area contributed by atoms with Gasteiger partial charge in [0.15, 0.2) is 5.78 Å². The molecule has 0 saturated heterocycles. The second-order valence-electron chi connectivity index (χ2n) is 7.55. The Labute approximate surface area is 157 Å². The summed E-state index contributed by atoms with van der Waals surface area (Å²) in [6, 6.07) is 8.33. The van der Waals surface area contributed by atoms with Crippen molar-refractivity contribution in [3.05, 3.63) is 47.0 Å². The van der Waals surface area contributed by atoms with Crippen LogP contribution in [0.3, 0.4) is 0 Å². The van der Waals surface area contributed by atoms with Crippen molar-refractivity contribution < 1.29 is 29.2 Å². The predicted molar refractivity (Wildman–Crippen MR) is 97.8 cm³/mol. The normalized spacial score (nSPS) is 21.1. The first-order chi connectivity index (χ1) is 12.8. The molecule has 142 valence electrons. The maximum Gasteiger partial charge on any atom is 0.174 e. The van der Waals surface area contributed by atoms with Crippen LogP contribution in [0.4, 0.5) is 0 Å². The summed E-state index contributed by atoms with van der Waals surface area (Å²) in [5, 5.41) is 19.8. The number of carbonyl (C=O) groups excluding carboxylic acids is 1. The molecule has 2 aromatic carbocycles. The van der Waals surface area contributed by atoms with E-state index in [1.807, 2.05) is 0 Å². The van der Waals surface area contributed by atoms with Crippen LogP contribution in [-0.2, 0) is 6.42 Å². The van der Waals surface area contributed by atoms with E-state index < -0.39 is 17.8 Å². The predicted octanol–water partition coefficient (Wildman–Crippen LogP) is 3.18. The van der Waals surface area contributed by atoms with Crippen molar-refractivity contribution in [1.82, 2.24) is 0 Å². The van der Waals surface area contributed by atoms with Gasteiger partial charge in [-0.2, -0.15) is 0 Å². The molecular formula is C21H22O6. The van der Waals surface area contributed by atoms with Crippen LogP contribution in [0.2, 0.25) is 0 Å². The minimum Gasteiger partial charge on any atom is -0.508 e. The first-order valence-electron chi connectivity index (χ1n) is 8.89. The molecule has 6 heteroatoms. The number of ketones is 1. The minimum atomic E-state index is -1.03. The number of hydrogen-bond acceptors (Lipinski definition) is 6. The van der Waals surface area contributed by atoms with Crippen molar-refractivity contribution in [2.75, 3.05) is 7.11 Å². The minimum absolute atomic E-state index is 0.0688. The number of ether oxygens (including phenoxy) is 3. The standard InChI is InChI=1S/C21H22O6/c1-21(2,24)18-8-13-16(26-18)10-17(25-3)19-14(23)9-15(27-20(13)19)11-4-6-12(22)7-5-11/h4-7,10,15,18,22,24H,8-9H2,1-3H3/t15-,18?/m0/s1. The highest BCUT2D eigenvalue weighted by molar-refractivity contribution is 6.03. The van der Waals surface area contributed by atoms with Gasteiger partial charge in [-0.05, 0) is 31.5 Å². The van der Waals surface area contributed by atoms with Gasteiger partial charge in [-0.15, -0.1) is 0 Å². The molecule has 0 radical (unpaired) electrons. The number of methoxy groups -OCH3 is 1. The summed E-state index contributed by atoms with van der Waals surface area (Å²) >= 11 is 0. The van der Waals surface area contributed by atoms with E-state index in [9.17, 15) is 15.0 Å². The van der Waals surface area contributed by atoms with Crippen molar-refractivity contribution in [2.45, 2.75) is 44.5 Å². The molecule has 27 heavy (non-hydrogen) atoms. The van der Waals surface area contributed by atoms with E-state index in [1.165, 1.54) is 7.11 Å². The second kappa shape index (κ2) is 6.16. The zero-order chi connectivity index (χ0) is 19.3. The van der Waals surface area contributed by atoms with Gasteiger partial charge >= 0.3 is 0 Å². The Hall–Kier alpha value is -2.73. The third kappa shape index (κ3) is 3.00. The largest absolute Gasteiger partial charge is 0.508 e. The maximum absolute atomic E-state index is 12.9. The highest BCUT2D eigenvalue weighted by Gasteiger charge is 2.41. The van der Waals surface area contributed by atoms with Crippen molar-refractivity contribution in [3.8, 4) is 23.0 Å². The van der Waals surface area contributed by atoms with Crippen LogP contribution in [0.25, 0.3) is 0 Å². The van der Waals surface area contributed by atoms with Crippen LogP contribution in [0, 0.1) is 0 Å². The van der Waals surface area contributed by atoms with Crippen LogP contribution in [0.1, 0.15) is 47.9 Å². The number of hydrogen-bond donors (Lipinski definition) is 2. The Kier molecular flexibility index (Phi) is 4.03. The molecule has 1 unspecified atom stereocenters. The average Bonchev–Trinajstić information content (AvgIpc) is 3.06. The van der Waals surface area contributed by atoms with Crippen molar-refractivity contribution in [3.63, 3.8) is 0 Å². The SMILES string of the molecule is COc1cc2c(c3c1C(=O)C[C@@H](c1ccc(O)cc1)O3)CC(C(C)(C)O)O2. The van der Waals surface area contributed by atoms with E-state index >= 15 is 0 Å². The summed E-state index contributed by atoms with van der Waals surface area (Å²) in [5.41, 5.74) is 0.969. The summed E-state index contributed by atoms with van der Waals surface area (Å²) in [4.78, 5) is 12.9. The molecule has 0 bridgehead atoms. The first-order valence-corrected chi connectivity index (χ1v) is 8.89. The molecule has 2 aliphatic heterocycles. The number of aromatic hydroxyl groups is 1. The third-order valence-electron chi connectivity index (χ3n) is 5.15. The van der Waals surface area contributed by atoms with Gasteiger partial charge in [0.2, 0.25) is 0 Å². The molecule has 0 fully saturated rings. The van der Waals surface area contributed by atoms with Crippen LogP contribution in [0.15, 0.2) is 30.3 Å². The quantitative estimate of drug-likeness (QED) is 0.863. The van der Waals surface area contributed by atoms with Crippen LogP contribution < -0.4 is 14.2 Å². The Balaban J connectivity index is 1.78.